The minimum atomic E-state index is 0.144. The Morgan fingerprint density at radius 1 is 1.21 bits per heavy atom. The van der Waals surface area contributed by atoms with E-state index in [9.17, 15) is 4.79 Å². The van der Waals surface area contributed by atoms with Crippen LogP contribution < -0.4 is 5.32 Å². The molecule has 6 nitrogen and oxygen atoms in total. The van der Waals surface area contributed by atoms with Crippen molar-refractivity contribution in [2.24, 2.45) is 5.92 Å². The van der Waals surface area contributed by atoms with E-state index in [-0.39, 0.29) is 5.91 Å². The summed E-state index contributed by atoms with van der Waals surface area (Å²) < 4.78 is 1.88. The highest BCUT2D eigenvalue weighted by atomic mass is 16.2. The summed E-state index contributed by atoms with van der Waals surface area (Å²) in [6.45, 7) is 6.70. The maximum Gasteiger partial charge on any atom is 0.253 e. The summed E-state index contributed by atoms with van der Waals surface area (Å²) in [4.78, 5) is 23.3. The van der Waals surface area contributed by atoms with Gasteiger partial charge in [-0.3, -0.25) is 9.36 Å². The van der Waals surface area contributed by atoms with Crippen molar-refractivity contribution in [2.45, 2.75) is 33.2 Å². The number of aryl methyl sites for hydroxylation is 1. The maximum absolute atomic E-state index is 12.8. The number of pyridine rings is 1. The fourth-order valence-electron chi connectivity index (χ4n) is 3.66. The standard InChI is InChI=1S/C23H27N5O/c1-17-7-10-27(11-8-17)23(29)20-4-5-21(18(2)13-20)25-14-19-3-6-22(26-15-19)28-12-9-24-16-28/h3-6,9,12-13,15-17,25H,7-8,10-11,14H2,1-2H3. The molecule has 0 unspecified atom stereocenters. The Hall–Kier alpha value is -3.15. The van der Waals surface area contributed by atoms with Crippen LogP contribution in [0, 0.1) is 12.8 Å². The van der Waals surface area contributed by atoms with Crippen molar-refractivity contribution in [3.63, 3.8) is 0 Å². The molecule has 1 fully saturated rings. The average Bonchev–Trinajstić information content (AvgIpc) is 3.28. The molecule has 1 saturated heterocycles. The summed E-state index contributed by atoms with van der Waals surface area (Å²) in [5.74, 6) is 1.71. The second-order valence-corrected chi connectivity index (χ2v) is 7.85. The van der Waals surface area contributed by atoms with Gasteiger partial charge in [0.05, 0.1) is 0 Å². The van der Waals surface area contributed by atoms with Crippen molar-refractivity contribution >= 4 is 11.6 Å². The van der Waals surface area contributed by atoms with Crippen LogP contribution in [-0.2, 0) is 6.54 Å². The third kappa shape index (κ3) is 4.47. The van der Waals surface area contributed by atoms with Crippen LogP contribution in [0.5, 0.6) is 0 Å². The van der Waals surface area contributed by atoms with Crippen LogP contribution in [0.3, 0.4) is 0 Å². The molecule has 1 aliphatic heterocycles. The number of aromatic nitrogens is 3. The van der Waals surface area contributed by atoms with Gasteiger partial charge in [0.15, 0.2) is 0 Å². The van der Waals surface area contributed by atoms with Gasteiger partial charge in [-0.2, -0.15) is 0 Å². The maximum atomic E-state index is 12.8. The van der Waals surface area contributed by atoms with Gasteiger partial charge in [-0.1, -0.05) is 13.0 Å². The Labute approximate surface area is 171 Å². The van der Waals surface area contributed by atoms with Gasteiger partial charge >= 0.3 is 0 Å². The van der Waals surface area contributed by atoms with Crippen LogP contribution in [0.25, 0.3) is 5.82 Å². The van der Waals surface area contributed by atoms with Gasteiger partial charge in [-0.05, 0) is 61.1 Å². The Balaban J connectivity index is 1.37. The van der Waals surface area contributed by atoms with E-state index in [4.69, 9.17) is 0 Å². The van der Waals surface area contributed by atoms with Gasteiger partial charge < -0.3 is 10.2 Å². The Morgan fingerprint density at radius 2 is 2.03 bits per heavy atom. The first kappa shape index (κ1) is 19.2. The number of nitrogens with zero attached hydrogens (tertiary/aromatic N) is 4. The van der Waals surface area contributed by atoms with Crippen LogP contribution in [0.1, 0.15) is 41.3 Å². The number of hydrogen-bond donors (Lipinski definition) is 1. The summed E-state index contributed by atoms with van der Waals surface area (Å²) in [5, 5.41) is 3.45. The van der Waals surface area contributed by atoms with Gasteiger partial charge in [-0.15, -0.1) is 0 Å². The molecule has 6 heteroatoms. The number of carbonyl (C=O) groups excluding carboxylic acids is 1. The van der Waals surface area contributed by atoms with Gasteiger partial charge in [0.25, 0.3) is 5.91 Å². The molecule has 0 spiro atoms. The number of carbonyl (C=O) groups is 1. The van der Waals surface area contributed by atoms with Gasteiger partial charge in [0.1, 0.15) is 12.1 Å². The summed E-state index contributed by atoms with van der Waals surface area (Å²) in [6, 6.07) is 9.95. The van der Waals surface area contributed by atoms with Crippen LogP contribution in [0.15, 0.2) is 55.2 Å². The quantitative estimate of drug-likeness (QED) is 0.715. The fourth-order valence-corrected chi connectivity index (χ4v) is 3.66. The second-order valence-electron chi connectivity index (χ2n) is 7.85. The van der Waals surface area contributed by atoms with Gasteiger partial charge in [-0.25, -0.2) is 9.97 Å². The fraction of sp³-hybridized carbons (Fsp3) is 0.348. The largest absolute Gasteiger partial charge is 0.381 e. The summed E-state index contributed by atoms with van der Waals surface area (Å²) >= 11 is 0. The van der Waals surface area contributed by atoms with E-state index in [0.717, 1.165) is 60.0 Å². The molecule has 3 heterocycles. The average molecular weight is 390 g/mol. The van der Waals surface area contributed by atoms with E-state index in [1.165, 1.54) is 0 Å². The lowest BCUT2D eigenvalue weighted by atomic mass is 9.98. The smallest absolute Gasteiger partial charge is 0.253 e. The van der Waals surface area contributed by atoms with E-state index in [0.29, 0.717) is 6.54 Å². The highest BCUT2D eigenvalue weighted by molar-refractivity contribution is 5.95. The molecule has 0 bridgehead atoms. The molecule has 0 atom stereocenters. The highest BCUT2D eigenvalue weighted by Gasteiger charge is 2.21. The molecule has 29 heavy (non-hydrogen) atoms. The zero-order valence-corrected chi connectivity index (χ0v) is 17.0. The number of anilines is 1. The van der Waals surface area contributed by atoms with Crippen molar-refractivity contribution in [2.75, 3.05) is 18.4 Å². The summed E-state index contributed by atoms with van der Waals surface area (Å²) in [7, 11) is 0. The molecule has 1 aromatic carbocycles. The van der Waals surface area contributed by atoms with Gasteiger partial charge in [0, 0.05) is 49.5 Å². The van der Waals surface area contributed by atoms with Crippen molar-refractivity contribution in [1.29, 1.82) is 0 Å². The van der Waals surface area contributed by atoms with Crippen LogP contribution in [0.2, 0.25) is 0 Å². The first-order valence-corrected chi connectivity index (χ1v) is 10.2. The van der Waals surface area contributed by atoms with E-state index in [1.54, 1.807) is 12.5 Å². The topological polar surface area (TPSA) is 63.1 Å². The lowest BCUT2D eigenvalue weighted by Crippen LogP contribution is -2.37. The number of imidazole rings is 1. The Bertz CT molecular complexity index is 957. The highest BCUT2D eigenvalue weighted by Crippen LogP contribution is 2.22. The molecular weight excluding hydrogens is 362 g/mol. The monoisotopic (exact) mass is 389 g/mol. The molecule has 3 aromatic rings. The molecule has 1 N–H and O–H groups in total. The predicted octanol–water partition coefficient (Wildman–Crippen LogP) is 4.06. The molecular formula is C23H27N5O. The summed E-state index contributed by atoms with van der Waals surface area (Å²) in [6.07, 6.45) is 9.40. The normalized spacial score (nSPS) is 14.8. The molecule has 4 rings (SSSR count). The van der Waals surface area contributed by atoms with E-state index in [2.05, 4.69) is 28.3 Å². The van der Waals surface area contributed by atoms with Crippen molar-refractivity contribution in [3.8, 4) is 5.82 Å². The number of amides is 1. The first-order chi connectivity index (χ1) is 14.1. The number of piperidine rings is 1. The van der Waals surface area contributed by atoms with E-state index < -0.39 is 0 Å². The lowest BCUT2D eigenvalue weighted by Gasteiger charge is -2.30. The van der Waals surface area contributed by atoms with Crippen molar-refractivity contribution in [3.05, 3.63) is 71.9 Å². The Kier molecular flexibility index (Phi) is 5.60. The van der Waals surface area contributed by atoms with Crippen molar-refractivity contribution in [1.82, 2.24) is 19.4 Å². The number of rotatable bonds is 5. The van der Waals surface area contributed by atoms with Crippen LogP contribution in [0.4, 0.5) is 5.69 Å². The Morgan fingerprint density at radius 3 is 2.69 bits per heavy atom. The molecule has 1 aliphatic rings. The van der Waals surface area contributed by atoms with Gasteiger partial charge in [0.2, 0.25) is 0 Å². The van der Waals surface area contributed by atoms with Crippen LogP contribution in [-0.4, -0.2) is 38.4 Å². The molecule has 2 aromatic heterocycles. The predicted molar refractivity (Wildman–Crippen MR) is 114 cm³/mol. The zero-order chi connectivity index (χ0) is 20.2. The second kappa shape index (κ2) is 8.47. The van der Waals surface area contributed by atoms with E-state index >= 15 is 0 Å². The molecule has 150 valence electrons. The minimum Gasteiger partial charge on any atom is -0.381 e. The zero-order valence-electron chi connectivity index (χ0n) is 17.0. The van der Waals surface area contributed by atoms with Crippen molar-refractivity contribution < 1.29 is 4.79 Å². The summed E-state index contributed by atoms with van der Waals surface area (Å²) in [5.41, 5.74) is 3.97. The van der Waals surface area contributed by atoms with E-state index in [1.807, 2.05) is 53.0 Å². The number of benzene rings is 1. The molecule has 0 saturated carbocycles. The third-order valence-electron chi connectivity index (χ3n) is 5.61. The number of hydrogen-bond acceptors (Lipinski definition) is 4. The van der Waals surface area contributed by atoms with Crippen LogP contribution >= 0.6 is 0 Å². The first-order valence-electron chi connectivity index (χ1n) is 10.2. The lowest BCUT2D eigenvalue weighted by molar-refractivity contribution is 0.0697. The number of likely N-dealkylation sites (tertiary alicyclic amines) is 1. The third-order valence-corrected chi connectivity index (χ3v) is 5.61. The number of nitrogens with one attached hydrogen (secondary N) is 1. The minimum absolute atomic E-state index is 0.144. The SMILES string of the molecule is Cc1cc(C(=O)N2CCC(C)CC2)ccc1NCc1ccc(-n2ccnc2)nc1. The molecule has 0 aliphatic carbocycles. The molecule has 0 radical (unpaired) electrons. The molecule has 1 amide bonds.